The van der Waals surface area contributed by atoms with Gasteiger partial charge in [0.15, 0.2) is 0 Å². The quantitative estimate of drug-likeness (QED) is 0.498. The van der Waals surface area contributed by atoms with Crippen molar-refractivity contribution in [3.8, 4) is 0 Å². The van der Waals surface area contributed by atoms with Crippen LogP contribution in [-0.2, 0) is 13.5 Å². The van der Waals surface area contributed by atoms with Crippen LogP contribution in [0.25, 0.3) is 10.9 Å². The maximum atomic E-state index is 11.7. The second kappa shape index (κ2) is 7.67. The molecule has 0 spiro atoms. The largest absolute Gasteiger partial charge is 0.379 e. The van der Waals surface area contributed by atoms with E-state index in [1.54, 1.807) is 12.1 Å². The minimum absolute atomic E-state index is 0.124. The van der Waals surface area contributed by atoms with Crippen molar-refractivity contribution >= 4 is 39.8 Å². The first-order valence-corrected chi connectivity index (χ1v) is 8.76. The number of anilines is 1. The lowest BCUT2D eigenvalue weighted by Gasteiger charge is -2.08. The summed E-state index contributed by atoms with van der Waals surface area (Å²) in [7, 11) is 3.44. The molecule has 0 fully saturated rings. The van der Waals surface area contributed by atoms with Gasteiger partial charge in [-0.05, 0) is 36.2 Å². The van der Waals surface area contributed by atoms with Gasteiger partial charge in [-0.25, -0.2) is 0 Å². The molecule has 0 aliphatic carbocycles. The van der Waals surface area contributed by atoms with Gasteiger partial charge < -0.3 is 15.2 Å². The zero-order chi connectivity index (χ0) is 19.6. The number of hydrogen-bond donors (Lipinski definition) is 2. The van der Waals surface area contributed by atoms with E-state index in [0.29, 0.717) is 23.7 Å². The second-order valence-electron chi connectivity index (χ2n) is 6.17. The molecule has 2 aromatic carbocycles. The lowest BCUT2D eigenvalue weighted by Crippen LogP contribution is -2.18. The smallest absolute Gasteiger partial charge is 0.293 e. The molecule has 7 nitrogen and oxygen atoms in total. The third-order valence-corrected chi connectivity index (χ3v) is 4.66. The molecule has 0 bridgehead atoms. The van der Waals surface area contributed by atoms with Crippen LogP contribution in [0.15, 0.2) is 42.6 Å². The van der Waals surface area contributed by atoms with Gasteiger partial charge in [-0.15, -0.1) is 0 Å². The van der Waals surface area contributed by atoms with Crippen LogP contribution in [0.4, 0.5) is 11.4 Å². The number of amides is 1. The summed E-state index contributed by atoms with van der Waals surface area (Å²) < 4.78 is 2.01. The summed E-state index contributed by atoms with van der Waals surface area (Å²) in [6.45, 7) is 0.516. The Morgan fingerprint density at radius 1 is 1.26 bits per heavy atom. The summed E-state index contributed by atoms with van der Waals surface area (Å²) in [5.74, 6) is -0.362. The predicted molar refractivity (Wildman–Crippen MR) is 107 cm³/mol. The Morgan fingerprint density at radius 2 is 2.04 bits per heavy atom. The van der Waals surface area contributed by atoms with Gasteiger partial charge >= 0.3 is 0 Å². The molecule has 2 N–H and O–H groups in total. The monoisotopic (exact) mass is 386 g/mol. The van der Waals surface area contributed by atoms with Gasteiger partial charge in [0, 0.05) is 54.4 Å². The molecular weight excluding hydrogens is 368 g/mol. The molecule has 1 heterocycles. The van der Waals surface area contributed by atoms with E-state index in [4.69, 9.17) is 11.6 Å². The van der Waals surface area contributed by atoms with Gasteiger partial charge in [0.05, 0.1) is 4.92 Å². The molecule has 0 atom stereocenters. The molecule has 0 radical (unpaired) electrons. The zero-order valence-corrected chi connectivity index (χ0v) is 15.7. The van der Waals surface area contributed by atoms with Crippen LogP contribution in [0, 0.1) is 10.1 Å². The van der Waals surface area contributed by atoms with E-state index in [0.717, 1.165) is 16.5 Å². The van der Waals surface area contributed by atoms with Gasteiger partial charge in [0.2, 0.25) is 0 Å². The fourth-order valence-corrected chi connectivity index (χ4v) is 3.26. The third kappa shape index (κ3) is 3.88. The number of nitrogens with zero attached hydrogens (tertiary/aromatic N) is 2. The molecule has 0 aliphatic heterocycles. The summed E-state index contributed by atoms with van der Waals surface area (Å²) in [6, 6.07) is 10.1. The Hall–Kier alpha value is -3.06. The SMILES string of the molecule is CNC(=O)c1ccc(NCCc2cn(C)c3cc(Cl)ccc23)c([N+](=O)[O-])c1. The van der Waals surface area contributed by atoms with Crippen molar-refractivity contribution in [2.24, 2.45) is 7.05 Å². The van der Waals surface area contributed by atoms with E-state index in [9.17, 15) is 14.9 Å². The first kappa shape index (κ1) is 18.7. The van der Waals surface area contributed by atoms with E-state index < -0.39 is 4.92 Å². The molecule has 1 aromatic heterocycles. The fourth-order valence-electron chi connectivity index (χ4n) is 3.09. The molecule has 0 saturated carbocycles. The molecule has 1 amide bonds. The van der Waals surface area contributed by atoms with Crippen molar-refractivity contribution in [3.63, 3.8) is 0 Å². The van der Waals surface area contributed by atoms with Crippen LogP contribution in [0.5, 0.6) is 0 Å². The average molecular weight is 387 g/mol. The number of nitro benzene ring substituents is 1. The Morgan fingerprint density at radius 3 is 2.74 bits per heavy atom. The minimum Gasteiger partial charge on any atom is -0.379 e. The number of aryl methyl sites for hydroxylation is 1. The fraction of sp³-hybridized carbons (Fsp3) is 0.211. The number of hydrogen-bond acceptors (Lipinski definition) is 4. The molecule has 0 saturated heterocycles. The lowest BCUT2D eigenvalue weighted by molar-refractivity contribution is -0.384. The third-order valence-electron chi connectivity index (χ3n) is 4.43. The standard InChI is InChI=1S/C19H19ClN4O3/c1-21-19(25)12-3-6-16(18(9-12)24(26)27)22-8-7-13-11-23(2)17-10-14(20)4-5-15(13)17/h3-6,9-11,22H,7-8H2,1-2H3,(H,21,25). The summed E-state index contributed by atoms with van der Waals surface area (Å²) in [5.41, 5.74) is 2.68. The molecule has 140 valence electrons. The van der Waals surface area contributed by atoms with Crippen LogP contribution >= 0.6 is 11.6 Å². The first-order chi connectivity index (χ1) is 12.9. The van der Waals surface area contributed by atoms with Crippen molar-refractivity contribution in [2.75, 3.05) is 18.9 Å². The van der Waals surface area contributed by atoms with Gasteiger partial charge in [0.25, 0.3) is 11.6 Å². The number of carbonyl (C=O) groups excluding carboxylic acids is 1. The van der Waals surface area contributed by atoms with Gasteiger partial charge in [-0.3, -0.25) is 14.9 Å². The number of nitro groups is 1. The summed E-state index contributed by atoms with van der Waals surface area (Å²) in [5, 5.41) is 18.7. The highest BCUT2D eigenvalue weighted by molar-refractivity contribution is 6.31. The average Bonchev–Trinajstić information content (AvgIpc) is 2.96. The lowest BCUT2D eigenvalue weighted by atomic mass is 10.1. The normalized spacial score (nSPS) is 10.8. The molecule has 3 aromatic rings. The number of benzene rings is 2. The van der Waals surface area contributed by atoms with Gasteiger partial charge in [0.1, 0.15) is 5.69 Å². The maximum Gasteiger partial charge on any atom is 0.293 e. The van der Waals surface area contributed by atoms with E-state index in [2.05, 4.69) is 10.6 Å². The number of halogens is 1. The van der Waals surface area contributed by atoms with Crippen LogP contribution in [0.2, 0.25) is 5.02 Å². The minimum atomic E-state index is -0.491. The van der Waals surface area contributed by atoms with E-state index in [1.807, 2.05) is 36.0 Å². The maximum absolute atomic E-state index is 11.7. The Bertz CT molecular complexity index is 1030. The number of rotatable bonds is 6. The molecule has 27 heavy (non-hydrogen) atoms. The van der Waals surface area contributed by atoms with Crippen molar-refractivity contribution in [1.29, 1.82) is 0 Å². The zero-order valence-electron chi connectivity index (χ0n) is 15.0. The predicted octanol–water partition coefficient (Wildman–Crippen LogP) is 3.75. The Balaban J connectivity index is 1.77. The highest BCUT2D eigenvalue weighted by atomic mass is 35.5. The highest BCUT2D eigenvalue weighted by Gasteiger charge is 2.17. The number of carbonyl (C=O) groups is 1. The number of aromatic nitrogens is 1. The van der Waals surface area contributed by atoms with Crippen LogP contribution in [0.1, 0.15) is 15.9 Å². The van der Waals surface area contributed by atoms with Gasteiger partial charge in [-0.2, -0.15) is 0 Å². The Labute approximate surface area is 161 Å². The van der Waals surface area contributed by atoms with E-state index >= 15 is 0 Å². The van der Waals surface area contributed by atoms with Crippen molar-refractivity contribution < 1.29 is 9.72 Å². The highest BCUT2D eigenvalue weighted by Crippen LogP contribution is 2.27. The van der Waals surface area contributed by atoms with Crippen LogP contribution < -0.4 is 10.6 Å². The molecule has 0 unspecified atom stereocenters. The summed E-state index contributed by atoms with van der Waals surface area (Å²) in [4.78, 5) is 22.5. The van der Waals surface area contributed by atoms with Crippen LogP contribution in [0.3, 0.4) is 0 Å². The number of fused-ring (bicyclic) bond motifs is 1. The first-order valence-electron chi connectivity index (χ1n) is 8.38. The topological polar surface area (TPSA) is 89.2 Å². The van der Waals surface area contributed by atoms with Crippen molar-refractivity contribution in [3.05, 3.63) is 68.9 Å². The second-order valence-corrected chi connectivity index (χ2v) is 6.61. The summed E-state index contributed by atoms with van der Waals surface area (Å²) >= 11 is 6.06. The Kier molecular flexibility index (Phi) is 5.32. The molecule has 0 aliphatic rings. The van der Waals surface area contributed by atoms with E-state index in [-0.39, 0.29) is 17.2 Å². The van der Waals surface area contributed by atoms with Crippen molar-refractivity contribution in [1.82, 2.24) is 9.88 Å². The summed E-state index contributed by atoms with van der Waals surface area (Å²) in [6.07, 6.45) is 2.72. The van der Waals surface area contributed by atoms with Gasteiger partial charge in [-0.1, -0.05) is 17.7 Å². The van der Waals surface area contributed by atoms with E-state index in [1.165, 1.54) is 13.1 Å². The van der Waals surface area contributed by atoms with Crippen molar-refractivity contribution in [2.45, 2.75) is 6.42 Å². The molecule has 3 rings (SSSR count). The molecule has 8 heteroatoms. The van der Waals surface area contributed by atoms with Crippen LogP contribution in [-0.4, -0.2) is 29.0 Å². The molecular formula is C19H19ClN4O3. The number of nitrogens with one attached hydrogen (secondary N) is 2.